The fraction of sp³-hybridized carbons (Fsp3) is 0.227. The predicted molar refractivity (Wildman–Crippen MR) is 101 cm³/mol. The highest BCUT2D eigenvalue weighted by Gasteiger charge is 2.19. The van der Waals surface area contributed by atoms with Gasteiger partial charge in [0.2, 0.25) is 0 Å². The number of amides is 1. The Balaban J connectivity index is 1.66. The lowest BCUT2D eigenvalue weighted by atomic mass is 10.0. The lowest BCUT2D eigenvalue weighted by Gasteiger charge is -2.17. The Hall–Kier alpha value is -3.01. The Morgan fingerprint density at radius 1 is 1.00 bits per heavy atom. The van der Waals surface area contributed by atoms with E-state index < -0.39 is 0 Å². The van der Waals surface area contributed by atoms with Crippen LogP contribution in [-0.2, 0) is 4.79 Å². The van der Waals surface area contributed by atoms with Crippen molar-refractivity contribution in [3.05, 3.63) is 89.9 Å². The van der Waals surface area contributed by atoms with Crippen LogP contribution in [0.2, 0.25) is 0 Å². The smallest absolute Gasteiger partial charge is 0.258 e. The highest BCUT2D eigenvalue weighted by atomic mass is 16.5. The first-order chi connectivity index (χ1) is 12.6. The fourth-order valence-electron chi connectivity index (χ4n) is 2.73. The van der Waals surface area contributed by atoms with Crippen LogP contribution in [0, 0.1) is 0 Å². The molecule has 3 rings (SSSR count). The molecule has 1 aromatic heterocycles. The van der Waals surface area contributed by atoms with Crippen molar-refractivity contribution >= 4 is 5.91 Å². The van der Waals surface area contributed by atoms with Gasteiger partial charge in [-0.3, -0.25) is 4.79 Å². The molecule has 0 aliphatic rings. The maximum atomic E-state index is 12.4. The van der Waals surface area contributed by atoms with Crippen molar-refractivity contribution < 1.29 is 13.9 Å². The van der Waals surface area contributed by atoms with E-state index in [2.05, 4.69) is 25.2 Å². The summed E-state index contributed by atoms with van der Waals surface area (Å²) in [5.74, 6) is 1.59. The van der Waals surface area contributed by atoms with Gasteiger partial charge in [-0.2, -0.15) is 0 Å². The second-order valence-corrected chi connectivity index (χ2v) is 6.44. The van der Waals surface area contributed by atoms with Crippen LogP contribution in [0.1, 0.15) is 42.7 Å². The number of ether oxygens (including phenoxy) is 1. The van der Waals surface area contributed by atoms with Gasteiger partial charge >= 0.3 is 0 Å². The van der Waals surface area contributed by atoms with Gasteiger partial charge in [0, 0.05) is 0 Å². The Morgan fingerprint density at radius 3 is 2.46 bits per heavy atom. The molecule has 1 atom stereocenters. The molecule has 0 saturated carbocycles. The molecule has 1 amide bonds. The normalized spacial score (nSPS) is 12.0. The minimum atomic E-state index is -0.343. The van der Waals surface area contributed by atoms with E-state index in [9.17, 15) is 4.79 Å². The summed E-state index contributed by atoms with van der Waals surface area (Å²) in [6.07, 6.45) is 1.60. The predicted octanol–water partition coefficient (Wildman–Crippen LogP) is 4.69. The Kier molecular flexibility index (Phi) is 5.74. The summed E-state index contributed by atoms with van der Waals surface area (Å²) in [5, 5.41) is 2.99. The van der Waals surface area contributed by atoms with Crippen LogP contribution >= 0.6 is 0 Å². The molecule has 0 saturated heterocycles. The van der Waals surface area contributed by atoms with Gasteiger partial charge in [-0.05, 0) is 41.3 Å². The Bertz CT molecular complexity index is 826. The largest absolute Gasteiger partial charge is 0.484 e. The molecular formula is C22H23NO3. The van der Waals surface area contributed by atoms with Crippen molar-refractivity contribution in [1.82, 2.24) is 5.32 Å². The number of rotatable bonds is 7. The molecular weight excluding hydrogens is 326 g/mol. The van der Waals surface area contributed by atoms with Crippen molar-refractivity contribution in [2.75, 3.05) is 6.61 Å². The number of hydrogen-bond acceptors (Lipinski definition) is 3. The van der Waals surface area contributed by atoms with Crippen LogP contribution in [0.4, 0.5) is 0 Å². The van der Waals surface area contributed by atoms with E-state index in [0.29, 0.717) is 17.4 Å². The van der Waals surface area contributed by atoms with Crippen LogP contribution in [0.25, 0.3) is 0 Å². The van der Waals surface area contributed by atoms with Gasteiger partial charge < -0.3 is 14.5 Å². The lowest BCUT2D eigenvalue weighted by molar-refractivity contribution is -0.123. The monoisotopic (exact) mass is 349 g/mol. The zero-order valence-corrected chi connectivity index (χ0v) is 15.0. The van der Waals surface area contributed by atoms with Crippen molar-refractivity contribution in [1.29, 1.82) is 0 Å². The summed E-state index contributed by atoms with van der Waals surface area (Å²) in [6, 6.07) is 20.9. The minimum absolute atomic E-state index is 0.0500. The molecule has 0 aliphatic heterocycles. The molecule has 4 nitrogen and oxygen atoms in total. The molecule has 1 unspecified atom stereocenters. The summed E-state index contributed by atoms with van der Waals surface area (Å²) in [6.45, 7) is 4.20. The summed E-state index contributed by atoms with van der Waals surface area (Å²) < 4.78 is 11.2. The molecule has 3 aromatic rings. The third-order valence-electron chi connectivity index (χ3n) is 4.16. The first-order valence-corrected chi connectivity index (χ1v) is 8.74. The summed E-state index contributed by atoms with van der Waals surface area (Å²) in [5.41, 5.74) is 2.14. The molecule has 1 heterocycles. The van der Waals surface area contributed by atoms with E-state index in [1.165, 1.54) is 5.56 Å². The maximum absolute atomic E-state index is 12.4. The Morgan fingerprint density at radius 2 is 1.77 bits per heavy atom. The quantitative estimate of drug-likeness (QED) is 0.673. The van der Waals surface area contributed by atoms with E-state index >= 15 is 0 Å². The number of hydrogen-bond donors (Lipinski definition) is 1. The first kappa shape index (κ1) is 17.8. The molecule has 134 valence electrons. The molecule has 4 heteroatoms. The highest BCUT2D eigenvalue weighted by molar-refractivity contribution is 5.78. The zero-order valence-electron chi connectivity index (χ0n) is 15.0. The summed E-state index contributed by atoms with van der Waals surface area (Å²) in [7, 11) is 0. The zero-order chi connectivity index (χ0) is 18.4. The van der Waals surface area contributed by atoms with Gasteiger partial charge in [0.25, 0.3) is 5.91 Å². The third kappa shape index (κ3) is 4.54. The molecule has 0 aliphatic carbocycles. The van der Waals surface area contributed by atoms with Crippen molar-refractivity contribution in [3.8, 4) is 5.75 Å². The van der Waals surface area contributed by atoms with E-state index in [0.717, 1.165) is 5.56 Å². The number of furan rings is 1. The number of nitrogens with one attached hydrogen (secondary N) is 1. The van der Waals surface area contributed by atoms with Gasteiger partial charge in [0.15, 0.2) is 6.61 Å². The van der Waals surface area contributed by atoms with Crippen LogP contribution < -0.4 is 10.1 Å². The molecule has 0 spiro atoms. The van der Waals surface area contributed by atoms with Gasteiger partial charge in [-0.25, -0.2) is 0 Å². The molecule has 0 radical (unpaired) electrons. The fourth-order valence-corrected chi connectivity index (χ4v) is 2.73. The van der Waals surface area contributed by atoms with Gasteiger partial charge in [0.1, 0.15) is 17.6 Å². The second-order valence-electron chi connectivity index (χ2n) is 6.44. The van der Waals surface area contributed by atoms with Crippen LogP contribution in [0.5, 0.6) is 5.75 Å². The van der Waals surface area contributed by atoms with Crippen LogP contribution in [0.3, 0.4) is 0 Å². The highest BCUT2D eigenvalue weighted by Crippen LogP contribution is 2.23. The molecule has 0 fully saturated rings. The number of carbonyl (C=O) groups is 1. The van der Waals surface area contributed by atoms with E-state index in [4.69, 9.17) is 9.15 Å². The minimum Gasteiger partial charge on any atom is -0.484 e. The van der Waals surface area contributed by atoms with E-state index in [1.54, 1.807) is 6.26 Å². The number of benzene rings is 2. The standard InChI is InChI=1S/C22H23NO3/c1-16(2)18-10-6-11-19(14-18)26-15-21(24)23-22(20-12-7-13-25-20)17-8-4-3-5-9-17/h3-14,16,22H,15H2,1-2H3,(H,23,24). The SMILES string of the molecule is CC(C)c1cccc(OCC(=O)NC(c2ccccc2)c2ccco2)c1. The lowest BCUT2D eigenvalue weighted by Crippen LogP contribution is -2.33. The summed E-state index contributed by atoms with van der Waals surface area (Å²) in [4.78, 5) is 12.4. The molecule has 1 N–H and O–H groups in total. The second kappa shape index (κ2) is 8.39. The van der Waals surface area contributed by atoms with Gasteiger partial charge in [0.05, 0.1) is 6.26 Å². The van der Waals surface area contributed by atoms with E-state index in [1.807, 2.05) is 60.7 Å². The van der Waals surface area contributed by atoms with Crippen LogP contribution in [0.15, 0.2) is 77.4 Å². The van der Waals surface area contributed by atoms with Crippen molar-refractivity contribution in [2.45, 2.75) is 25.8 Å². The molecule has 0 bridgehead atoms. The van der Waals surface area contributed by atoms with Gasteiger partial charge in [-0.15, -0.1) is 0 Å². The third-order valence-corrected chi connectivity index (χ3v) is 4.16. The number of carbonyl (C=O) groups excluding carboxylic acids is 1. The maximum Gasteiger partial charge on any atom is 0.258 e. The topological polar surface area (TPSA) is 51.5 Å². The molecule has 2 aromatic carbocycles. The Labute approximate surface area is 153 Å². The van der Waals surface area contributed by atoms with Crippen molar-refractivity contribution in [2.24, 2.45) is 0 Å². The summed E-state index contributed by atoms with van der Waals surface area (Å²) >= 11 is 0. The average Bonchev–Trinajstić information content (AvgIpc) is 3.20. The van der Waals surface area contributed by atoms with Crippen LogP contribution in [-0.4, -0.2) is 12.5 Å². The first-order valence-electron chi connectivity index (χ1n) is 8.74. The average molecular weight is 349 g/mol. The molecule has 26 heavy (non-hydrogen) atoms. The van der Waals surface area contributed by atoms with Gasteiger partial charge in [-0.1, -0.05) is 56.3 Å². The van der Waals surface area contributed by atoms with E-state index in [-0.39, 0.29) is 18.6 Å². The van der Waals surface area contributed by atoms with Crippen molar-refractivity contribution in [3.63, 3.8) is 0 Å².